The molecule has 0 fully saturated rings. The first-order chi connectivity index (χ1) is 18.2. The van der Waals surface area contributed by atoms with Crippen LogP contribution in [0.5, 0.6) is 0 Å². The van der Waals surface area contributed by atoms with Crippen molar-refractivity contribution in [1.82, 2.24) is 0 Å². The van der Waals surface area contributed by atoms with Crippen LogP contribution in [0.25, 0.3) is 0 Å². The zero-order valence-corrected chi connectivity index (χ0v) is 24.5. The second-order valence-electron chi connectivity index (χ2n) is 9.56. The van der Waals surface area contributed by atoms with E-state index in [-0.39, 0.29) is 13.0 Å². The van der Waals surface area contributed by atoms with E-state index in [1.807, 2.05) is 0 Å². The Balaban J connectivity index is 5.74. The maximum absolute atomic E-state index is 13.6. The summed E-state index contributed by atoms with van der Waals surface area (Å²) in [6, 6.07) is 0. The van der Waals surface area contributed by atoms with Crippen LogP contribution in [0, 0.1) is 10.8 Å². The van der Waals surface area contributed by atoms with Gasteiger partial charge >= 0.3 is 39.1 Å². The molecule has 0 amide bonds. The third-order valence-corrected chi connectivity index (χ3v) is 9.74. The molecular weight excluding hydrogens is 584 g/mol. The Bertz CT molecular complexity index is 930. The zero-order chi connectivity index (χ0) is 31.4. The Kier molecular flexibility index (Phi) is 15.1. The monoisotopic (exact) mass is 623 g/mol. The standard InChI is InChI=1S/C20H39N3O15P2/c1-18(2,10-33-14(24)8-22)16(26)35-12-37-40(32,20(28,6-5-7-21)39(29,30)31)38-13-36-17(27)19(3,4)11-34-15(25)9-23/h28H,5-13,21-23H2,1-4H3,(H2,29,30,31). The number of hydrogen-bond acceptors (Lipinski definition) is 16. The molecule has 0 radical (unpaired) electrons. The van der Waals surface area contributed by atoms with E-state index in [1.165, 1.54) is 27.7 Å². The molecule has 1 atom stereocenters. The second kappa shape index (κ2) is 15.9. The average Bonchev–Trinajstić information content (AvgIpc) is 2.87. The van der Waals surface area contributed by atoms with Crippen LogP contribution in [0.1, 0.15) is 40.5 Å². The summed E-state index contributed by atoms with van der Waals surface area (Å²) in [6.07, 6.45) is -1.16. The highest BCUT2D eigenvalue weighted by molar-refractivity contribution is 7.73. The van der Waals surface area contributed by atoms with Gasteiger partial charge in [0, 0.05) is 6.42 Å². The smallest absolute Gasteiger partial charge is 0.380 e. The van der Waals surface area contributed by atoms with Crippen LogP contribution in [-0.4, -0.2) is 90.3 Å². The van der Waals surface area contributed by atoms with Crippen LogP contribution < -0.4 is 17.2 Å². The first-order valence-corrected chi connectivity index (χ1v) is 14.8. The van der Waals surface area contributed by atoms with Gasteiger partial charge in [-0.05, 0) is 40.7 Å². The Labute approximate surface area is 230 Å². The lowest BCUT2D eigenvalue weighted by Gasteiger charge is -2.34. The highest BCUT2D eigenvalue weighted by atomic mass is 31.2. The third-order valence-electron chi connectivity index (χ3n) is 5.07. The minimum atomic E-state index is -5.72. The number of carbonyl (C=O) groups excluding carboxylic acids is 4. The highest BCUT2D eigenvalue weighted by Crippen LogP contribution is 2.74. The van der Waals surface area contributed by atoms with Crippen LogP contribution in [0.4, 0.5) is 0 Å². The molecule has 0 aliphatic rings. The second-order valence-corrected chi connectivity index (χ2v) is 14.0. The number of hydrogen-bond donors (Lipinski definition) is 6. The first kappa shape index (κ1) is 38.0. The molecule has 0 rings (SSSR count). The van der Waals surface area contributed by atoms with Crippen LogP contribution in [-0.2, 0) is 56.3 Å². The molecule has 0 heterocycles. The third kappa shape index (κ3) is 11.1. The molecule has 0 aromatic rings. The van der Waals surface area contributed by atoms with Gasteiger partial charge in [0.2, 0.25) is 13.6 Å². The van der Waals surface area contributed by atoms with E-state index in [4.69, 9.17) is 45.2 Å². The Hall–Kier alpha value is -1.98. The Morgan fingerprint density at radius 2 is 1.10 bits per heavy atom. The Morgan fingerprint density at radius 1 is 0.725 bits per heavy atom. The molecule has 1 unspecified atom stereocenters. The summed E-state index contributed by atoms with van der Waals surface area (Å²) >= 11 is 0. The highest BCUT2D eigenvalue weighted by Gasteiger charge is 2.62. The van der Waals surface area contributed by atoms with E-state index in [2.05, 4.69) is 0 Å². The molecule has 0 aromatic carbocycles. The Morgan fingerprint density at radius 3 is 1.40 bits per heavy atom. The van der Waals surface area contributed by atoms with Crippen molar-refractivity contribution in [1.29, 1.82) is 0 Å². The van der Waals surface area contributed by atoms with Crippen molar-refractivity contribution < 1.29 is 71.2 Å². The predicted octanol–water partition coefficient (Wildman–Crippen LogP) is -1.17. The molecule has 0 saturated carbocycles. The lowest BCUT2D eigenvalue weighted by molar-refractivity contribution is -0.168. The first-order valence-electron chi connectivity index (χ1n) is 11.7. The van der Waals surface area contributed by atoms with Crippen molar-refractivity contribution in [3.05, 3.63) is 0 Å². The summed E-state index contributed by atoms with van der Waals surface area (Å²) in [4.78, 5) is 67.0. The van der Waals surface area contributed by atoms with Crippen LogP contribution in [0.15, 0.2) is 0 Å². The van der Waals surface area contributed by atoms with Crippen molar-refractivity contribution in [2.45, 2.75) is 45.6 Å². The molecule has 0 spiro atoms. The SMILES string of the molecule is CC(C)(COC(=O)CN)C(=O)OCOP(=O)(OCOC(=O)C(C)(C)COC(=O)CN)C(O)(CCCN)P(=O)(O)O. The number of ether oxygens (including phenoxy) is 4. The molecule has 0 bridgehead atoms. The van der Waals surface area contributed by atoms with Crippen molar-refractivity contribution in [3.63, 3.8) is 0 Å². The fourth-order valence-electron chi connectivity index (χ4n) is 2.47. The number of aliphatic hydroxyl groups is 1. The topological polar surface area (TPSA) is 297 Å². The van der Waals surface area contributed by atoms with Gasteiger partial charge in [0.05, 0.1) is 23.9 Å². The summed E-state index contributed by atoms with van der Waals surface area (Å²) in [5.41, 5.74) is 12.7. The minimum absolute atomic E-state index is 0.197. The van der Waals surface area contributed by atoms with Gasteiger partial charge in [-0.15, -0.1) is 0 Å². The van der Waals surface area contributed by atoms with Crippen LogP contribution in [0.3, 0.4) is 0 Å². The van der Waals surface area contributed by atoms with E-state index in [9.17, 15) is 43.2 Å². The van der Waals surface area contributed by atoms with Crippen molar-refractivity contribution in [2.75, 3.05) is 46.4 Å². The van der Waals surface area contributed by atoms with Gasteiger partial charge in [0.1, 0.15) is 13.2 Å². The molecular formula is C20H39N3O15P2. The fourth-order valence-corrected chi connectivity index (χ4v) is 5.85. The van der Waals surface area contributed by atoms with Crippen molar-refractivity contribution >= 4 is 39.1 Å². The van der Waals surface area contributed by atoms with E-state index in [0.29, 0.717) is 0 Å². The fraction of sp³-hybridized carbons (Fsp3) is 0.800. The molecule has 0 aromatic heterocycles. The van der Waals surface area contributed by atoms with Gasteiger partial charge < -0.3 is 51.0 Å². The molecule has 0 aliphatic carbocycles. The lowest BCUT2D eigenvalue weighted by Crippen LogP contribution is -2.36. The molecule has 20 heteroatoms. The van der Waals surface area contributed by atoms with Gasteiger partial charge in [0.25, 0.3) is 5.08 Å². The summed E-state index contributed by atoms with van der Waals surface area (Å²) < 4.78 is 54.8. The number of rotatable bonds is 19. The maximum Gasteiger partial charge on any atom is 0.380 e. The van der Waals surface area contributed by atoms with Crippen LogP contribution >= 0.6 is 15.2 Å². The number of esters is 4. The summed E-state index contributed by atoms with van der Waals surface area (Å²) in [5.74, 6) is -3.75. The van der Waals surface area contributed by atoms with Gasteiger partial charge in [0.15, 0.2) is 0 Å². The van der Waals surface area contributed by atoms with Crippen molar-refractivity contribution in [2.24, 2.45) is 28.0 Å². The number of nitrogens with two attached hydrogens (primary N) is 3. The summed E-state index contributed by atoms with van der Waals surface area (Å²) in [5, 5.41) is 7.35. The van der Waals surface area contributed by atoms with E-state index in [1.54, 1.807) is 0 Å². The van der Waals surface area contributed by atoms with E-state index < -0.39 is 101 Å². The molecule has 40 heavy (non-hydrogen) atoms. The zero-order valence-electron chi connectivity index (χ0n) is 22.7. The molecule has 9 N–H and O–H groups in total. The van der Waals surface area contributed by atoms with Gasteiger partial charge in [-0.1, -0.05) is 0 Å². The normalized spacial score (nSPS) is 14.2. The lowest BCUT2D eigenvalue weighted by atomic mass is 9.95. The van der Waals surface area contributed by atoms with Gasteiger partial charge in [-0.2, -0.15) is 0 Å². The average molecular weight is 623 g/mol. The predicted molar refractivity (Wildman–Crippen MR) is 135 cm³/mol. The van der Waals surface area contributed by atoms with Gasteiger partial charge in [-0.25, -0.2) is 0 Å². The van der Waals surface area contributed by atoms with Gasteiger partial charge in [-0.3, -0.25) is 37.4 Å². The largest absolute Gasteiger partial charge is 0.464 e. The van der Waals surface area contributed by atoms with E-state index >= 15 is 0 Å². The summed E-state index contributed by atoms with van der Waals surface area (Å²) in [6.45, 7) is 0.714. The minimum Gasteiger partial charge on any atom is -0.464 e. The molecule has 234 valence electrons. The molecule has 0 saturated heterocycles. The maximum atomic E-state index is 13.6. The van der Waals surface area contributed by atoms with Crippen LogP contribution in [0.2, 0.25) is 0 Å². The molecule has 0 aliphatic heterocycles. The number of carbonyl (C=O) groups is 4. The van der Waals surface area contributed by atoms with Crippen molar-refractivity contribution in [3.8, 4) is 0 Å². The summed E-state index contributed by atoms with van der Waals surface area (Å²) in [7, 11) is -11.1. The molecule has 18 nitrogen and oxygen atoms in total. The quantitative estimate of drug-likeness (QED) is 0.0427. The van der Waals surface area contributed by atoms with E-state index in [0.717, 1.165) is 0 Å².